The SMILES string of the molecule is CCn1nc(CNC2CCC(C)C2)c2ccccc21. The molecule has 1 N–H and O–H groups in total. The van der Waals surface area contributed by atoms with Crippen molar-refractivity contribution in [2.75, 3.05) is 0 Å². The van der Waals surface area contributed by atoms with E-state index in [4.69, 9.17) is 5.10 Å². The van der Waals surface area contributed by atoms with Crippen molar-refractivity contribution in [1.82, 2.24) is 15.1 Å². The van der Waals surface area contributed by atoms with Crippen molar-refractivity contribution >= 4 is 10.9 Å². The second-order valence-corrected chi connectivity index (χ2v) is 5.78. The highest BCUT2D eigenvalue weighted by Gasteiger charge is 2.21. The van der Waals surface area contributed by atoms with Gasteiger partial charge in [-0.1, -0.05) is 25.1 Å². The summed E-state index contributed by atoms with van der Waals surface area (Å²) in [5, 5.41) is 9.72. The highest BCUT2D eigenvalue weighted by molar-refractivity contribution is 5.81. The third kappa shape index (κ3) is 2.52. The van der Waals surface area contributed by atoms with Crippen molar-refractivity contribution in [3.8, 4) is 0 Å². The molecule has 0 saturated heterocycles. The number of para-hydroxylation sites is 1. The zero-order valence-electron chi connectivity index (χ0n) is 11.9. The minimum atomic E-state index is 0.681. The molecule has 1 fully saturated rings. The van der Waals surface area contributed by atoms with E-state index in [2.05, 4.69) is 48.1 Å². The van der Waals surface area contributed by atoms with Gasteiger partial charge in [0, 0.05) is 24.5 Å². The Hall–Kier alpha value is -1.35. The van der Waals surface area contributed by atoms with Crippen molar-refractivity contribution in [3.63, 3.8) is 0 Å². The molecular formula is C16H23N3. The van der Waals surface area contributed by atoms with Crippen molar-refractivity contribution in [2.24, 2.45) is 5.92 Å². The van der Waals surface area contributed by atoms with E-state index in [9.17, 15) is 0 Å². The topological polar surface area (TPSA) is 29.9 Å². The molecule has 102 valence electrons. The van der Waals surface area contributed by atoms with Gasteiger partial charge in [0.1, 0.15) is 0 Å². The van der Waals surface area contributed by atoms with Crippen LogP contribution < -0.4 is 5.32 Å². The summed E-state index contributed by atoms with van der Waals surface area (Å²) in [5.41, 5.74) is 2.44. The molecule has 1 aliphatic carbocycles. The Morgan fingerprint density at radius 3 is 2.89 bits per heavy atom. The number of benzene rings is 1. The summed E-state index contributed by atoms with van der Waals surface area (Å²) in [7, 11) is 0. The van der Waals surface area contributed by atoms with Crippen molar-refractivity contribution in [1.29, 1.82) is 0 Å². The molecule has 3 nitrogen and oxygen atoms in total. The maximum absolute atomic E-state index is 4.74. The Morgan fingerprint density at radius 1 is 1.32 bits per heavy atom. The first kappa shape index (κ1) is 12.7. The summed E-state index contributed by atoms with van der Waals surface area (Å²) in [6, 6.07) is 9.22. The van der Waals surface area contributed by atoms with Gasteiger partial charge in [-0.3, -0.25) is 4.68 Å². The second kappa shape index (κ2) is 5.33. The number of hydrogen-bond donors (Lipinski definition) is 1. The molecule has 3 rings (SSSR count). The van der Waals surface area contributed by atoms with Crippen molar-refractivity contribution in [3.05, 3.63) is 30.0 Å². The average Bonchev–Trinajstić information content (AvgIpc) is 3.00. The monoisotopic (exact) mass is 257 g/mol. The van der Waals surface area contributed by atoms with Crippen LogP contribution in [-0.2, 0) is 13.1 Å². The van der Waals surface area contributed by atoms with Crippen LogP contribution in [0.25, 0.3) is 10.9 Å². The lowest BCUT2D eigenvalue weighted by atomic mass is 10.1. The van der Waals surface area contributed by atoms with Crippen LogP contribution >= 0.6 is 0 Å². The highest BCUT2D eigenvalue weighted by atomic mass is 15.3. The minimum Gasteiger partial charge on any atom is -0.308 e. The number of hydrogen-bond acceptors (Lipinski definition) is 2. The zero-order valence-corrected chi connectivity index (χ0v) is 11.9. The lowest BCUT2D eigenvalue weighted by Gasteiger charge is -2.10. The largest absolute Gasteiger partial charge is 0.308 e. The first-order chi connectivity index (χ1) is 9.28. The van der Waals surface area contributed by atoms with E-state index in [1.807, 2.05) is 0 Å². The summed E-state index contributed by atoms with van der Waals surface area (Å²) in [5.74, 6) is 0.877. The number of nitrogens with one attached hydrogen (secondary N) is 1. The van der Waals surface area contributed by atoms with E-state index in [0.29, 0.717) is 6.04 Å². The van der Waals surface area contributed by atoms with Crippen LogP contribution in [0.3, 0.4) is 0 Å². The maximum Gasteiger partial charge on any atom is 0.0841 e. The van der Waals surface area contributed by atoms with Crippen LogP contribution in [0.2, 0.25) is 0 Å². The van der Waals surface area contributed by atoms with Crippen LogP contribution in [0.4, 0.5) is 0 Å². The molecule has 1 aromatic carbocycles. The molecule has 0 aliphatic heterocycles. The molecule has 1 saturated carbocycles. The second-order valence-electron chi connectivity index (χ2n) is 5.78. The van der Waals surface area contributed by atoms with Crippen LogP contribution in [0.5, 0.6) is 0 Å². The minimum absolute atomic E-state index is 0.681. The molecule has 2 unspecified atom stereocenters. The molecule has 0 radical (unpaired) electrons. The molecule has 1 aromatic heterocycles. The molecule has 0 amide bonds. The van der Waals surface area contributed by atoms with Crippen molar-refractivity contribution in [2.45, 2.75) is 52.2 Å². The van der Waals surface area contributed by atoms with E-state index < -0.39 is 0 Å². The fourth-order valence-electron chi connectivity index (χ4n) is 3.20. The van der Waals surface area contributed by atoms with E-state index in [-0.39, 0.29) is 0 Å². The number of fused-ring (bicyclic) bond motifs is 1. The summed E-state index contributed by atoms with van der Waals surface area (Å²) < 4.78 is 2.10. The Kier molecular flexibility index (Phi) is 3.56. The number of rotatable bonds is 4. The molecule has 0 bridgehead atoms. The van der Waals surface area contributed by atoms with E-state index in [1.165, 1.54) is 35.9 Å². The van der Waals surface area contributed by atoms with Gasteiger partial charge in [-0.05, 0) is 38.2 Å². The Bertz CT molecular complexity index is 558. The zero-order chi connectivity index (χ0) is 13.2. The van der Waals surface area contributed by atoms with Gasteiger partial charge in [0.05, 0.1) is 11.2 Å². The van der Waals surface area contributed by atoms with Crippen molar-refractivity contribution < 1.29 is 0 Å². The smallest absolute Gasteiger partial charge is 0.0841 e. The van der Waals surface area contributed by atoms with Crippen LogP contribution in [0.15, 0.2) is 24.3 Å². The molecule has 1 heterocycles. The first-order valence-electron chi connectivity index (χ1n) is 7.45. The van der Waals surface area contributed by atoms with Gasteiger partial charge in [0.25, 0.3) is 0 Å². The normalized spacial score (nSPS) is 23.3. The molecule has 2 atom stereocenters. The van der Waals surface area contributed by atoms with E-state index in [1.54, 1.807) is 0 Å². The average molecular weight is 257 g/mol. The number of aryl methyl sites for hydroxylation is 1. The summed E-state index contributed by atoms with van der Waals surface area (Å²) >= 11 is 0. The van der Waals surface area contributed by atoms with Gasteiger partial charge in [0.2, 0.25) is 0 Å². The number of aromatic nitrogens is 2. The summed E-state index contributed by atoms with van der Waals surface area (Å²) in [6.07, 6.45) is 3.99. The standard InChI is InChI=1S/C16H23N3/c1-3-19-16-7-5-4-6-14(16)15(18-19)11-17-13-9-8-12(2)10-13/h4-7,12-13,17H,3,8-11H2,1-2H3. The van der Waals surface area contributed by atoms with Gasteiger partial charge >= 0.3 is 0 Å². The number of nitrogens with zero attached hydrogens (tertiary/aromatic N) is 2. The van der Waals surface area contributed by atoms with E-state index in [0.717, 1.165) is 19.0 Å². The fraction of sp³-hybridized carbons (Fsp3) is 0.562. The summed E-state index contributed by atoms with van der Waals surface area (Å²) in [6.45, 7) is 6.32. The van der Waals surface area contributed by atoms with Gasteiger partial charge in [-0.2, -0.15) is 5.10 Å². The van der Waals surface area contributed by atoms with Crippen LogP contribution in [0.1, 0.15) is 38.8 Å². The molecule has 3 heteroatoms. The van der Waals surface area contributed by atoms with Gasteiger partial charge in [0.15, 0.2) is 0 Å². The third-order valence-electron chi connectivity index (χ3n) is 4.29. The highest BCUT2D eigenvalue weighted by Crippen LogP contribution is 2.25. The quantitative estimate of drug-likeness (QED) is 0.910. The molecular weight excluding hydrogens is 234 g/mol. The Morgan fingerprint density at radius 2 is 2.16 bits per heavy atom. The lowest BCUT2D eigenvalue weighted by molar-refractivity contribution is 0.496. The fourth-order valence-corrected chi connectivity index (χ4v) is 3.20. The molecule has 2 aromatic rings. The van der Waals surface area contributed by atoms with Gasteiger partial charge in [-0.25, -0.2) is 0 Å². The maximum atomic E-state index is 4.74. The first-order valence-corrected chi connectivity index (χ1v) is 7.45. The summed E-state index contributed by atoms with van der Waals surface area (Å²) in [4.78, 5) is 0. The lowest BCUT2D eigenvalue weighted by Crippen LogP contribution is -2.26. The van der Waals surface area contributed by atoms with E-state index >= 15 is 0 Å². The van der Waals surface area contributed by atoms with Crippen LogP contribution in [-0.4, -0.2) is 15.8 Å². The molecule has 0 spiro atoms. The molecule has 19 heavy (non-hydrogen) atoms. The van der Waals surface area contributed by atoms with Gasteiger partial charge < -0.3 is 5.32 Å². The predicted molar refractivity (Wildman–Crippen MR) is 79.0 cm³/mol. The Balaban J connectivity index is 1.77. The molecule has 1 aliphatic rings. The predicted octanol–water partition coefficient (Wildman–Crippen LogP) is 3.33. The Labute approximate surface area is 115 Å². The van der Waals surface area contributed by atoms with Crippen LogP contribution in [0, 0.1) is 5.92 Å². The third-order valence-corrected chi connectivity index (χ3v) is 4.29. The van der Waals surface area contributed by atoms with Gasteiger partial charge in [-0.15, -0.1) is 0 Å².